The molecule has 4 aromatic rings. The quantitative estimate of drug-likeness (QED) is 0.208. The number of fused-ring (bicyclic) bond motifs is 2. The van der Waals surface area contributed by atoms with Gasteiger partial charge in [0, 0.05) is 31.7 Å². The van der Waals surface area contributed by atoms with Crippen molar-refractivity contribution in [3.63, 3.8) is 0 Å². The molecule has 45 heavy (non-hydrogen) atoms. The third kappa shape index (κ3) is 7.12. The van der Waals surface area contributed by atoms with Gasteiger partial charge in [0.1, 0.15) is 35.6 Å². The fourth-order valence-corrected chi connectivity index (χ4v) is 6.57. The average molecular weight is 650 g/mol. The molecule has 2 heterocycles. The number of rotatable bonds is 8. The van der Waals surface area contributed by atoms with Gasteiger partial charge in [-0.05, 0) is 90.2 Å². The van der Waals surface area contributed by atoms with Gasteiger partial charge in [0.25, 0.3) is 0 Å². The van der Waals surface area contributed by atoms with Crippen LogP contribution in [0.2, 0.25) is 10.0 Å². The molecule has 234 valence electrons. The Balaban J connectivity index is 1.21. The van der Waals surface area contributed by atoms with E-state index >= 15 is 0 Å². The molecule has 1 N–H and O–H groups in total. The van der Waals surface area contributed by atoms with Crippen LogP contribution in [0.4, 0.5) is 4.39 Å². The van der Waals surface area contributed by atoms with E-state index in [4.69, 9.17) is 32.7 Å². The molecule has 4 aromatic carbocycles. The lowest BCUT2D eigenvalue weighted by molar-refractivity contribution is -0.144. The lowest BCUT2D eigenvalue weighted by atomic mass is 9.91. The van der Waals surface area contributed by atoms with Crippen LogP contribution in [0, 0.1) is 5.82 Å². The first kappa shape index (κ1) is 31.4. The van der Waals surface area contributed by atoms with Crippen molar-refractivity contribution in [2.45, 2.75) is 57.6 Å². The number of carboxylic acids is 1. The normalized spacial score (nSPS) is 19.1. The zero-order valence-corrected chi connectivity index (χ0v) is 26.7. The molecule has 0 unspecified atom stereocenters. The van der Waals surface area contributed by atoms with Gasteiger partial charge in [0.15, 0.2) is 0 Å². The standard InChI is InChI=1S/C36H35Cl2FN2O4/c1-3-33(24-9-12-30(37)31(38)15-24)44-29-10-7-23(8-11-29)35-21-40(2)19-27-14-25-16-32(36(42)43)41(20-26(25)17-34(27)45-35)18-22-5-4-6-28(39)13-22/h4-15,17,32-33,35H,3,16,18-21H2,1-2H3,(H,42,43)/t32-,33+,35+/m0/s1. The lowest BCUT2D eigenvalue weighted by Gasteiger charge is -2.35. The Hall–Kier alpha value is -3.62. The molecule has 0 aromatic heterocycles. The molecule has 6 rings (SSSR count). The molecule has 0 aliphatic carbocycles. The largest absolute Gasteiger partial charge is 0.486 e. The Morgan fingerprint density at radius 3 is 2.51 bits per heavy atom. The number of hydrogen-bond acceptors (Lipinski definition) is 5. The fraction of sp³-hybridized carbons (Fsp3) is 0.306. The number of likely N-dealkylation sites (N-methyl/N-ethyl adjacent to an activating group) is 1. The SMILES string of the molecule is CC[C@@H](Oc1ccc([C@H]2CN(C)Cc3cc4c(cc3O2)CN(Cc2cccc(F)c2)[C@H](C(=O)O)C4)cc1)c1ccc(Cl)c(Cl)c1. The minimum absolute atomic E-state index is 0.162. The number of carboxylic acid groups (broad SMARTS) is 1. The summed E-state index contributed by atoms with van der Waals surface area (Å²) in [4.78, 5) is 16.4. The predicted octanol–water partition coefficient (Wildman–Crippen LogP) is 8.24. The van der Waals surface area contributed by atoms with Crippen molar-refractivity contribution in [3.05, 3.63) is 128 Å². The molecular weight excluding hydrogens is 614 g/mol. The summed E-state index contributed by atoms with van der Waals surface area (Å²) < 4.78 is 26.9. The zero-order valence-electron chi connectivity index (χ0n) is 25.2. The van der Waals surface area contributed by atoms with Gasteiger partial charge in [-0.15, -0.1) is 0 Å². The monoisotopic (exact) mass is 648 g/mol. The third-order valence-electron chi connectivity index (χ3n) is 8.57. The van der Waals surface area contributed by atoms with Crippen molar-refractivity contribution in [2.24, 2.45) is 0 Å². The van der Waals surface area contributed by atoms with E-state index in [1.807, 2.05) is 47.4 Å². The smallest absolute Gasteiger partial charge is 0.321 e. The number of ether oxygens (including phenoxy) is 2. The molecule has 2 aliphatic rings. The van der Waals surface area contributed by atoms with Crippen molar-refractivity contribution >= 4 is 29.2 Å². The van der Waals surface area contributed by atoms with Gasteiger partial charge in [0.05, 0.1) is 10.0 Å². The van der Waals surface area contributed by atoms with Gasteiger partial charge in [0.2, 0.25) is 0 Å². The van der Waals surface area contributed by atoms with Crippen LogP contribution in [0.1, 0.15) is 58.9 Å². The van der Waals surface area contributed by atoms with Crippen molar-refractivity contribution in [1.29, 1.82) is 0 Å². The molecule has 3 atom stereocenters. The Morgan fingerprint density at radius 2 is 1.80 bits per heavy atom. The fourth-order valence-electron chi connectivity index (χ4n) is 6.26. The van der Waals surface area contributed by atoms with Gasteiger partial charge in [-0.25, -0.2) is 4.39 Å². The molecule has 0 spiro atoms. The van der Waals surface area contributed by atoms with Crippen LogP contribution in [0.15, 0.2) is 78.9 Å². The Bertz CT molecular complexity index is 1700. The number of nitrogens with zero attached hydrogens (tertiary/aromatic N) is 2. The molecule has 0 amide bonds. The Labute approximate surface area is 272 Å². The molecule has 6 nitrogen and oxygen atoms in total. The molecule has 0 bridgehead atoms. The highest BCUT2D eigenvalue weighted by Gasteiger charge is 2.33. The van der Waals surface area contributed by atoms with E-state index in [0.717, 1.165) is 51.3 Å². The second-order valence-corrected chi connectivity index (χ2v) is 12.7. The highest BCUT2D eigenvalue weighted by Crippen LogP contribution is 2.37. The van der Waals surface area contributed by atoms with Crippen LogP contribution < -0.4 is 9.47 Å². The van der Waals surface area contributed by atoms with Gasteiger partial charge in [-0.2, -0.15) is 0 Å². The van der Waals surface area contributed by atoms with Gasteiger partial charge >= 0.3 is 5.97 Å². The number of aliphatic carboxylic acids is 1. The van der Waals surface area contributed by atoms with Crippen molar-refractivity contribution in [1.82, 2.24) is 9.80 Å². The van der Waals surface area contributed by atoms with E-state index in [1.165, 1.54) is 12.1 Å². The van der Waals surface area contributed by atoms with Gasteiger partial charge in [-0.3, -0.25) is 14.6 Å². The van der Waals surface area contributed by atoms with Crippen molar-refractivity contribution in [3.8, 4) is 11.5 Å². The molecule has 0 saturated heterocycles. The third-order valence-corrected chi connectivity index (χ3v) is 9.31. The Kier molecular flexibility index (Phi) is 9.33. The summed E-state index contributed by atoms with van der Waals surface area (Å²) in [5, 5.41) is 11.1. The predicted molar refractivity (Wildman–Crippen MR) is 173 cm³/mol. The second kappa shape index (κ2) is 13.4. The molecular formula is C36H35Cl2FN2O4. The van der Waals surface area contributed by atoms with Gasteiger partial charge in [-0.1, -0.05) is 66.5 Å². The van der Waals surface area contributed by atoms with E-state index < -0.39 is 12.0 Å². The zero-order chi connectivity index (χ0) is 31.7. The van der Waals surface area contributed by atoms with Crippen LogP contribution >= 0.6 is 23.2 Å². The Morgan fingerprint density at radius 1 is 1.00 bits per heavy atom. The summed E-state index contributed by atoms with van der Waals surface area (Å²) in [7, 11) is 2.06. The maximum Gasteiger partial charge on any atom is 0.321 e. The van der Waals surface area contributed by atoms with E-state index in [-0.39, 0.29) is 18.0 Å². The van der Waals surface area contributed by atoms with Crippen molar-refractivity contribution in [2.75, 3.05) is 13.6 Å². The number of carbonyl (C=O) groups is 1. The van der Waals surface area contributed by atoms with Crippen LogP contribution in [-0.4, -0.2) is 40.5 Å². The first-order valence-electron chi connectivity index (χ1n) is 15.1. The minimum atomic E-state index is -0.880. The second-order valence-electron chi connectivity index (χ2n) is 11.9. The molecule has 0 radical (unpaired) electrons. The molecule has 2 aliphatic heterocycles. The summed E-state index contributed by atoms with van der Waals surface area (Å²) in [6.45, 7) is 4.21. The topological polar surface area (TPSA) is 62.2 Å². The van der Waals surface area contributed by atoms with Crippen molar-refractivity contribution < 1.29 is 23.8 Å². The minimum Gasteiger partial charge on any atom is -0.486 e. The lowest BCUT2D eigenvalue weighted by Crippen LogP contribution is -2.45. The van der Waals surface area contributed by atoms with E-state index in [1.54, 1.807) is 12.1 Å². The van der Waals surface area contributed by atoms with Gasteiger partial charge < -0.3 is 14.6 Å². The summed E-state index contributed by atoms with van der Waals surface area (Å²) >= 11 is 12.3. The van der Waals surface area contributed by atoms with E-state index in [9.17, 15) is 14.3 Å². The average Bonchev–Trinajstić information content (AvgIpc) is 3.17. The molecule has 0 fully saturated rings. The van der Waals surface area contributed by atoms with Crippen LogP contribution in [0.25, 0.3) is 0 Å². The molecule has 0 saturated carbocycles. The summed E-state index contributed by atoms with van der Waals surface area (Å²) in [5.74, 6) is 0.338. The van der Waals surface area contributed by atoms with E-state index in [0.29, 0.717) is 42.6 Å². The van der Waals surface area contributed by atoms with Crippen LogP contribution in [-0.2, 0) is 30.8 Å². The first-order valence-corrected chi connectivity index (χ1v) is 15.8. The highest BCUT2D eigenvalue weighted by atomic mass is 35.5. The number of benzene rings is 4. The maximum absolute atomic E-state index is 13.9. The molecule has 9 heteroatoms. The van der Waals surface area contributed by atoms with Crippen LogP contribution in [0.5, 0.6) is 11.5 Å². The highest BCUT2D eigenvalue weighted by molar-refractivity contribution is 6.42. The summed E-state index contributed by atoms with van der Waals surface area (Å²) in [5.41, 5.74) is 5.82. The van der Waals surface area contributed by atoms with Crippen LogP contribution in [0.3, 0.4) is 0 Å². The summed E-state index contributed by atoms with van der Waals surface area (Å²) in [6.07, 6.45) is 0.775. The number of hydrogen-bond donors (Lipinski definition) is 1. The number of halogens is 3. The van der Waals surface area contributed by atoms with E-state index in [2.05, 4.69) is 31.0 Å². The first-order chi connectivity index (χ1) is 21.7. The summed E-state index contributed by atoms with van der Waals surface area (Å²) in [6, 6.07) is 23.4. The maximum atomic E-state index is 13.9.